The summed E-state index contributed by atoms with van der Waals surface area (Å²) in [6, 6.07) is 0.334. The second-order valence-corrected chi connectivity index (χ2v) is 10.6. The van der Waals surface area contributed by atoms with Crippen LogP contribution in [0, 0.1) is 23.2 Å². The van der Waals surface area contributed by atoms with Crippen molar-refractivity contribution in [3.8, 4) is 0 Å². The largest absolute Gasteiger partial charge is 0.353 e. The van der Waals surface area contributed by atoms with Crippen molar-refractivity contribution in [1.82, 2.24) is 5.32 Å². The van der Waals surface area contributed by atoms with Crippen LogP contribution in [-0.2, 0) is 4.79 Å². The number of alkyl halides is 2. The number of nitrogens with one attached hydrogen (secondary N) is 1. The fourth-order valence-corrected chi connectivity index (χ4v) is 5.51. The molecule has 3 saturated carbocycles. The van der Waals surface area contributed by atoms with Gasteiger partial charge in [0.15, 0.2) is 0 Å². The van der Waals surface area contributed by atoms with Gasteiger partial charge in [-0.1, -0.05) is 38.3 Å². The van der Waals surface area contributed by atoms with E-state index in [1.807, 2.05) is 6.92 Å². The topological polar surface area (TPSA) is 29.1 Å². The monoisotopic (exact) mass is 377 g/mol. The number of carbonyl (C=O) groups excluding carboxylic acids is 1. The number of rotatable bonds is 3. The average Bonchev–Trinajstić information content (AvgIpc) is 2.74. The molecule has 2 nitrogen and oxygen atoms in total. The van der Waals surface area contributed by atoms with E-state index in [0.717, 1.165) is 24.2 Å². The summed E-state index contributed by atoms with van der Waals surface area (Å²) < 4.78 is -0.175. The standard InChI is InChI=1S/C14H21Br2NO/c1-8(11-6-9-3-4-10(11)5-9)17-12(18)13(2)7-14(13,15)16/h8-11H,3-7H2,1-2H3,(H,17,18)/t8-,9+,10+,11+,13-/m0/s1. The zero-order valence-electron chi connectivity index (χ0n) is 11.0. The fraction of sp³-hybridized carbons (Fsp3) is 0.929. The van der Waals surface area contributed by atoms with Gasteiger partial charge in [0, 0.05) is 6.04 Å². The van der Waals surface area contributed by atoms with Gasteiger partial charge in [-0.2, -0.15) is 0 Å². The number of carbonyl (C=O) groups is 1. The molecule has 0 saturated heterocycles. The smallest absolute Gasteiger partial charge is 0.228 e. The summed E-state index contributed by atoms with van der Waals surface area (Å²) in [5.41, 5.74) is -0.279. The first-order valence-corrected chi connectivity index (χ1v) is 8.61. The summed E-state index contributed by atoms with van der Waals surface area (Å²) in [6.07, 6.45) is 6.41. The summed E-state index contributed by atoms with van der Waals surface area (Å²) in [6.45, 7) is 4.22. The summed E-state index contributed by atoms with van der Waals surface area (Å²) in [5, 5.41) is 3.27. The number of amides is 1. The molecule has 5 atom stereocenters. The van der Waals surface area contributed by atoms with Crippen LogP contribution in [0.5, 0.6) is 0 Å². The number of fused-ring (bicyclic) bond motifs is 2. The first kappa shape index (κ1) is 13.4. The zero-order chi connectivity index (χ0) is 13.1. The molecule has 3 aliphatic carbocycles. The van der Waals surface area contributed by atoms with Crippen molar-refractivity contribution in [3.63, 3.8) is 0 Å². The van der Waals surface area contributed by atoms with Crippen LogP contribution in [0.4, 0.5) is 0 Å². The Morgan fingerprint density at radius 3 is 2.44 bits per heavy atom. The van der Waals surface area contributed by atoms with Gasteiger partial charge in [0.1, 0.15) is 0 Å². The van der Waals surface area contributed by atoms with Gasteiger partial charge >= 0.3 is 0 Å². The molecule has 0 spiro atoms. The highest BCUT2D eigenvalue weighted by molar-refractivity contribution is 9.25. The van der Waals surface area contributed by atoms with Gasteiger partial charge in [0.2, 0.25) is 5.91 Å². The lowest BCUT2D eigenvalue weighted by molar-refractivity contribution is -0.126. The number of hydrogen-bond donors (Lipinski definition) is 1. The van der Waals surface area contributed by atoms with Crippen molar-refractivity contribution in [2.75, 3.05) is 0 Å². The Morgan fingerprint density at radius 1 is 1.33 bits per heavy atom. The highest BCUT2D eigenvalue weighted by atomic mass is 79.9. The Hall–Kier alpha value is 0.430. The highest BCUT2D eigenvalue weighted by Crippen LogP contribution is 2.66. The lowest BCUT2D eigenvalue weighted by atomic mass is 9.84. The minimum atomic E-state index is -0.279. The van der Waals surface area contributed by atoms with Crippen LogP contribution < -0.4 is 5.32 Å². The van der Waals surface area contributed by atoms with E-state index in [0.29, 0.717) is 6.04 Å². The van der Waals surface area contributed by atoms with Gasteiger partial charge in [-0.05, 0) is 57.3 Å². The Morgan fingerprint density at radius 2 is 2.00 bits per heavy atom. The van der Waals surface area contributed by atoms with E-state index in [1.54, 1.807) is 0 Å². The maximum Gasteiger partial charge on any atom is 0.228 e. The minimum absolute atomic E-state index is 0.175. The molecule has 0 aromatic carbocycles. The van der Waals surface area contributed by atoms with Crippen LogP contribution in [0.3, 0.4) is 0 Å². The van der Waals surface area contributed by atoms with Crippen LogP contribution in [0.15, 0.2) is 0 Å². The van der Waals surface area contributed by atoms with Crippen LogP contribution in [-0.4, -0.2) is 15.2 Å². The van der Waals surface area contributed by atoms with Crippen molar-refractivity contribution in [3.05, 3.63) is 0 Å². The van der Waals surface area contributed by atoms with E-state index in [-0.39, 0.29) is 14.6 Å². The van der Waals surface area contributed by atoms with Crippen molar-refractivity contribution < 1.29 is 4.79 Å². The predicted molar refractivity (Wildman–Crippen MR) is 79.9 cm³/mol. The molecule has 0 aromatic heterocycles. The van der Waals surface area contributed by atoms with E-state index in [2.05, 4.69) is 44.1 Å². The predicted octanol–water partition coefficient (Wildman–Crippen LogP) is 3.82. The molecule has 102 valence electrons. The molecule has 1 N–H and O–H groups in total. The quantitative estimate of drug-likeness (QED) is 0.743. The molecular weight excluding hydrogens is 358 g/mol. The Balaban J connectivity index is 1.59. The highest BCUT2D eigenvalue weighted by Gasteiger charge is 2.66. The Labute approximate surface area is 126 Å². The number of halogens is 2. The maximum atomic E-state index is 12.3. The first-order chi connectivity index (χ1) is 8.33. The maximum absolute atomic E-state index is 12.3. The Kier molecular flexibility index (Phi) is 3.14. The van der Waals surface area contributed by atoms with E-state index in [4.69, 9.17) is 0 Å². The molecule has 0 heterocycles. The molecule has 0 aromatic rings. The molecule has 0 radical (unpaired) electrons. The van der Waals surface area contributed by atoms with Crippen molar-refractivity contribution >= 4 is 37.8 Å². The van der Waals surface area contributed by atoms with E-state index < -0.39 is 0 Å². The van der Waals surface area contributed by atoms with Gasteiger partial charge in [-0.3, -0.25) is 4.79 Å². The lowest BCUT2D eigenvalue weighted by Gasteiger charge is -2.29. The second-order valence-electron chi connectivity index (χ2n) is 6.81. The summed E-state index contributed by atoms with van der Waals surface area (Å²) in [4.78, 5) is 12.3. The van der Waals surface area contributed by atoms with Gasteiger partial charge in [-0.25, -0.2) is 0 Å². The van der Waals surface area contributed by atoms with Crippen molar-refractivity contribution in [1.29, 1.82) is 0 Å². The van der Waals surface area contributed by atoms with Crippen LogP contribution in [0.1, 0.15) is 46.0 Å². The normalized spacial score (nSPS) is 45.9. The summed E-state index contributed by atoms with van der Waals surface area (Å²) in [7, 11) is 0. The van der Waals surface area contributed by atoms with E-state index in [1.165, 1.54) is 25.7 Å². The fourth-order valence-electron chi connectivity index (χ4n) is 4.03. The molecule has 2 bridgehead atoms. The van der Waals surface area contributed by atoms with E-state index >= 15 is 0 Å². The number of hydrogen-bond acceptors (Lipinski definition) is 1. The van der Waals surface area contributed by atoms with Crippen molar-refractivity contribution in [2.24, 2.45) is 23.2 Å². The van der Waals surface area contributed by atoms with Crippen LogP contribution in [0.25, 0.3) is 0 Å². The van der Waals surface area contributed by atoms with Gasteiger partial charge in [0.05, 0.1) is 8.65 Å². The molecule has 3 fully saturated rings. The molecule has 3 rings (SSSR count). The molecule has 4 heteroatoms. The van der Waals surface area contributed by atoms with Gasteiger partial charge in [-0.15, -0.1) is 0 Å². The van der Waals surface area contributed by atoms with Gasteiger partial charge < -0.3 is 5.32 Å². The minimum Gasteiger partial charge on any atom is -0.353 e. The lowest BCUT2D eigenvalue weighted by Crippen LogP contribution is -2.44. The van der Waals surface area contributed by atoms with Gasteiger partial charge in [0.25, 0.3) is 0 Å². The molecular formula is C14H21Br2NO. The van der Waals surface area contributed by atoms with Crippen LogP contribution in [0.2, 0.25) is 0 Å². The SMILES string of the molecule is C[C@H](NC(=O)[C@]1(C)CC1(Br)Br)[C@H]1C[C@@H]2CC[C@@H]1C2. The third-order valence-corrected chi connectivity index (χ3v) is 7.86. The first-order valence-electron chi connectivity index (χ1n) is 7.02. The third kappa shape index (κ3) is 1.98. The molecule has 3 aliphatic rings. The van der Waals surface area contributed by atoms with Crippen LogP contribution >= 0.6 is 31.9 Å². The molecule has 0 aliphatic heterocycles. The average molecular weight is 379 g/mol. The molecule has 0 unspecified atom stereocenters. The summed E-state index contributed by atoms with van der Waals surface area (Å²) >= 11 is 7.14. The molecule has 18 heavy (non-hydrogen) atoms. The molecule has 1 amide bonds. The Bertz CT molecular complexity index is 384. The third-order valence-electron chi connectivity index (χ3n) is 5.55. The second kappa shape index (κ2) is 4.21. The van der Waals surface area contributed by atoms with Crippen molar-refractivity contribution in [2.45, 2.75) is 55.2 Å². The summed E-state index contributed by atoms with van der Waals surface area (Å²) in [5.74, 6) is 2.74. The zero-order valence-corrected chi connectivity index (χ0v) is 14.2. The van der Waals surface area contributed by atoms with E-state index in [9.17, 15) is 4.79 Å².